The Labute approximate surface area is 181 Å². The second-order valence-corrected chi connectivity index (χ2v) is 8.16. The second-order valence-electron chi connectivity index (χ2n) is 7.24. The van der Waals surface area contributed by atoms with Crippen LogP contribution in [-0.2, 0) is 14.4 Å². The Kier molecular flexibility index (Phi) is 4.56. The van der Waals surface area contributed by atoms with E-state index in [0.717, 1.165) is 10.2 Å². The molecule has 2 amide bonds. The molecule has 3 aromatic carbocycles. The van der Waals surface area contributed by atoms with E-state index in [-0.39, 0.29) is 11.7 Å². The number of rotatable bonds is 3. The third-order valence-electron chi connectivity index (χ3n) is 5.42. The van der Waals surface area contributed by atoms with Gasteiger partial charge in [0.15, 0.2) is 6.10 Å². The lowest BCUT2D eigenvalue weighted by molar-refractivity contribution is -0.126. The molecule has 7 heteroatoms. The predicted molar refractivity (Wildman–Crippen MR) is 115 cm³/mol. The Balaban J connectivity index is 1.59. The Hall–Kier alpha value is -3.16. The summed E-state index contributed by atoms with van der Waals surface area (Å²) in [6, 6.07) is 22.5. The van der Waals surface area contributed by atoms with E-state index in [2.05, 4.69) is 15.9 Å². The maximum atomic E-state index is 13.5. The third-order valence-corrected chi connectivity index (χ3v) is 5.95. The van der Waals surface area contributed by atoms with Gasteiger partial charge in [-0.2, -0.15) is 0 Å². The van der Waals surface area contributed by atoms with E-state index in [1.54, 1.807) is 47.5 Å². The van der Waals surface area contributed by atoms with Gasteiger partial charge >= 0.3 is 0 Å². The minimum Gasteiger partial charge on any atom is -0.508 e. The van der Waals surface area contributed by atoms with Gasteiger partial charge in [0.05, 0.1) is 17.4 Å². The van der Waals surface area contributed by atoms with Crippen molar-refractivity contribution in [3.05, 3.63) is 88.9 Å². The first-order valence-electron chi connectivity index (χ1n) is 9.48. The van der Waals surface area contributed by atoms with Crippen molar-refractivity contribution in [3.63, 3.8) is 0 Å². The van der Waals surface area contributed by atoms with E-state index in [1.807, 2.05) is 36.4 Å². The van der Waals surface area contributed by atoms with E-state index in [4.69, 9.17) is 4.84 Å². The number of amides is 2. The molecular formula is C23H17BrN2O4. The second kappa shape index (κ2) is 7.27. The van der Waals surface area contributed by atoms with Crippen molar-refractivity contribution in [1.82, 2.24) is 0 Å². The number of anilines is 2. The highest BCUT2D eigenvalue weighted by Gasteiger charge is 2.60. The van der Waals surface area contributed by atoms with Crippen molar-refractivity contribution in [2.24, 2.45) is 5.92 Å². The number of nitrogens with zero attached hydrogens (tertiary/aromatic N) is 2. The molecule has 6 nitrogen and oxygen atoms in total. The normalized spacial score (nSPS) is 23.2. The number of para-hydroxylation sites is 1. The Morgan fingerprint density at radius 2 is 1.57 bits per heavy atom. The zero-order valence-electron chi connectivity index (χ0n) is 15.7. The molecule has 0 radical (unpaired) electrons. The molecule has 2 aliphatic heterocycles. The highest BCUT2D eigenvalue weighted by molar-refractivity contribution is 9.10. The number of aromatic hydroxyl groups is 1. The third kappa shape index (κ3) is 2.98. The van der Waals surface area contributed by atoms with Gasteiger partial charge < -0.3 is 5.11 Å². The maximum Gasteiger partial charge on any atom is 0.266 e. The average Bonchev–Trinajstić information content (AvgIpc) is 3.26. The van der Waals surface area contributed by atoms with Gasteiger partial charge in [0.2, 0.25) is 5.91 Å². The van der Waals surface area contributed by atoms with E-state index >= 15 is 0 Å². The molecule has 30 heavy (non-hydrogen) atoms. The van der Waals surface area contributed by atoms with Crippen LogP contribution >= 0.6 is 15.9 Å². The molecule has 2 aliphatic rings. The van der Waals surface area contributed by atoms with Crippen LogP contribution in [-0.4, -0.2) is 23.0 Å². The van der Waals surface area contributed by atoms with Crippen molar-refractivity contribution < 1.29 is 19.5 Å². The zero-order chi connectivity index (χ0) is 20.8. The first-order valence-corrected chi connectivity index (χ1v) is 10.3. The van der Waals surface area contributed by atoms with Gasteiger partial charge in [-0.1, -0.05) is 46.3 Å². The number of imide groups is 1. The number of benzene rings is 3. The molecule has 0 aromatic heterocycles. The summed E-state index contributed by atoms with van der Waals surface area (Å²) in [6.45, 7) is 0. The number of hydrogen-bond donors (Lipinski definition) is 1. The first-order chi connectivity index (χ1) is 14.5. The van der Waals surface area contributed by atoms with E-state index in [0.29, 0.717) is 11.3 Å². The number of hydrogen-bond acceptors (Lipinski definition) is 5. The van der Waals surface area contributed by atoms with Crippen LogP contribution in [0.1, 0.15) is 11.6 Å². The van der Waals surface area contributed by atoms with Crippen molar-refractivity contribution in [1.29, 1.82) is 0 Å². The summed E-state index contributed by atoms with van der Waals surface area (Å²) in [5, 5.41) is 11.6. The number of hydroxylamine groups is 1. The van der Waals surface area contributed by atoms with Crippen LogP contribution in [0.3, 0.4) is 0 Å². The predicted octanol–water partition coefficient (Wildman–Crippen LogP) is 4.21. The van der Waals surface area contributed by atoms with E-state index in [9.17, 15) is 14.7 Å². The quantitative estimate of drug-likeness (QED) is 0.588. The molecule has 0 spiro atoms. The zero-order valence-corrected chi connectivity index (χ0v) is 17.3. The lowest BCUT2D eigenvalue weighted by Crippen LogP contribution is -2.37. The average molecular weight is 465 g/mol. The summed E-state index contributed by atoms with van der Waals surface area (Å²) >= 11 is 3.37. The van der Waals surface area contributed by atoms with Gasteiger partial charge in [0.25, 0.3) is 5.91 Å². The van der Waals surface area contributed by atoms with Crippen LogP contribution in [0.4, 0.5) is 11.4 Å². The molecule has 2 saturated heterocycles. The van der Waals surface area contributed by atoms with Crippen LogP contribution < -0.4 is 9.96 Å². The topological polar surface area (TPSA) is 70.1 Å². The Bertz CT molecular complexity index is 1120. The fourth-order valence-corrected chi connectivity index (χ4v) is 4.37. The fourth-order valence-electron chi connectivity index (χ4n) is 4.11. The van der Waals surface area contributed by atoms with Crippen molar-refractivity contribution in [2.75, 3.05) is 9.96 Å². The summed E-state index contributed by atoms with van der Waals surface area (Å²) in [5.74, 6) is -1.36. The summed E-state index contributed by atoms with van der Waals surface area (Å²) in [4.78, 5) is 33.9. The molecule has 2 fully saturated rings. The lowest BCUT2D eigenvalue weighted by atomic mass is 9.90. The lowest BCUT2D eigenvalue weighted by Gasteiger charge is -2.28. The molecule has 2 heterocycles. The summed E-state index contributed by atoms with van der Waals surface area (Å²) < 4.78 is 0.856. The molecule has 0 aliphatic carbocycles. The summed E-state index contributed by atoms with van der Waals surface area (Å²) in [6.07, 6.45) is -0.936. The van der Waals surface area contributed by atoms with Crippen molar-refractivity contribution in [2.45, 2.75) is 12.1 Å². The van der Waals surface area contributed by atoms with Crippen LogP contribution in [0.15, 0.2) is 83.3 Å². The van der Waals surface area contributed by atoms with Crippen LogP contribution in [0.5, 0.6) is 5.75 Å². The molecular weight excluding hydrogens is 448 g/mol. The SMILES string of the molecule is O=C1[C@@H]2[C@@H](c3cccc(O)c3)N(c3ccccc3)O[C@H]2C(=O)N1c1ccc(Br)cc1. The minimum absolute atomic E-state index is 0.0884. The van der Waals surface area contributed by atoms with Gasteiger partial charge in [-0.25, -0.2) is 9.96 Å². The van der Waals surface area contributed by atoms with Gasteiger partial charge in [-0.15, -0.1) is 0 Å². The molecule has 5 rings (SSSR count). The highest BCUT2D eigenvalue weighted by atomic mass is 79.9. The minimum atomic E-state index is -0.936. The first kappa shape index (κ1) is 18.8. The molecule has 0 bridgehead atoms. The number of fused-ring (bicyclic) bond motifs is 1. The molecule has 1 N–H and O–H groups in total. The number of halogens is 1. The number of carbonyl (C=O) groups is 2. The highest BCUT2D eigenvalue weighted by Crippen LogP contribution is 2.47. The van der Waals surface area contributed by atoms with Crippen molar-refractivity contribution in [3.8, 4) is 5.75 Å². The molecule has 0 saturated carbocycles. The maximum absolute atomic E-state index is 13.5. The molecule has 3 atom stereocenters. The Morgan fingerprint density at radius 3 is 2.27 bits per heavy atom. The van der Waals surface area contributed by atoms with Crippen LogP contribution in [0.2, 0.25) is 0 Å². The number of phenolic OH excluding ortho intramolecular Hbond substituents is 1. The molecule has 0 unspecified atom stereocenters. The van der Waals surface area contributed by atoms with E-state index < -0.39 is 24.0 Å². The van der Waals surface area contributed by atoms with Gasteiger partial charge in [0.1, 0.15) is 11.7 Å². The summed E-state index contributed by atoms with van der Waals surface area (Å²) in [7, 11) is 0. The van der Waals surface area contributed by atoms with Crippen molar-refractivity contribution >= 4 is 39.1 Å². The molecule has 150 valence electrons. The fraction of sp³-hybridized carbons (Fsp3) is 0.130. The van der Waals surface area contributed by atoms with Gasteiger partial charge in [-0.05, 0) is 54.1 Å². The number of phenols is 1. The standard InChI is InChI=1S/C23H17BrN2O4/c24-15-9-11-16(12-10-15)25-22(28)19-20(14-5-4-8-18(27)13-14)26(30-21(19)23(25)29)17-6-2-1-3-7-17/h1-13,19-21,27H/t19-,20-,21-/m1/s1. The number of carbonyl (C=O) groups excluding carboxylic acids is 2. The van der Waals surface area contributed by atoms with Crippen LogP contribution in [0, 0.1) is 5.92 Å². The molecule has 3 aromatic rings. The van der Waals surface area contributed by atoms with Crippen LogP contribution in [0.25, 0.3) is 0 Å². The Morgan fingerprint density at radius 1 is 0.833 bits per heavy atom. The van der Waals surface area contributed by atoms with Gasteiger partial charge in [-0.3, -0.25) is 14.4 Å². The van der Waals surface area contributed by atoms with Gasteiger partial charge in [0, 0.05) is 4.47 Å². The monoisotopic (exact) mass is 464 g/mol. The largest absolute Gasteiger partial charge is 0.508 e. The van der Waals surface area contributed by atoms with E-state index in [1.165, 1.54) is 4.90 Å². The summed E-state index contributed by atoms with van der Waals surface area (Å²) in [5.41, 5.74) is 1.94. The smallest absolute Gasteiger partial charge is 0.266 e.